The van der Waals surface area contributed by atoms with Crippen LogP contribution in [-0.4, -0.2) is 35.7 Å². The van der Waals surface area contributed by atoms with Crippen LogP contribution in [0.3, 0.4) is 0 Å². The highest BCUT2D eigenvalue weighted by molar-refractivity contribution is 6.01. The quantitative estimate of drug-likeness (QED) is 0.380. The number of carbonyl (C=O) groups is 4. The molecule has 0 spiro atoms. The summed E-state index contributed by atoms with van der Waals surface area (Å²) in [5, 5.41) is 9.91. The lowest BCUT2D eigenvalue weighted by Gasteiger charge is -2.68. The zero-order chi connectivity index (χ0) is 27.3. The van der Waals surface area contributed by atoms with Gasteiger partial charge in [0.1, 0.15) is 11.7 Å². The molecule has 5 rings (SSSR count). The van der Waals surface area contributed by atoms with Crippen LogP contribution in [0.25, 0.3) is 0 Å². The van der Waals surface area contributed by atoms with Crippen LogP contribution in [-0.2, 0) is 23.9 Å². The van der Waals surface area contributed by atoms with Crippen molar-refractivity contribution in [2.45, 2.75) is 92.9 Å². The second-order valence-corrected chi connectivity index (χ2v) is 14.7. The predicted octanol–water partition coefficient (Wildman–Crippen LogP) is 5.63. The number of carboxylic acid groups (broad SMARTS) is 1. The van der Waals surface area contributed by atoms with E-state index in [4.69, 9.17) is 4.74 Å². The highest BCUT2D eigenvalue weighted by atomic mass is 16.5. The highest BCUT2D eigenvalue weighted by Gasteiger charge is 2.71. The van der Waals surface area contributed by atoms with Gasteiger partial charge in [-0.3, -0.25) is 19.2 Å². The van der Waals surface area contributed by atoms with E-state index < -0.39 is 22.7 Å². The second-order valence-electron chi connectivity index (χ2n) is 14.7. The Morgan fingerprint density at radius 1 is 0.946 bits per heavy atom. The third kappa shape index (κ3) is 3.29. The summed E-state index contributed by atoms with van der Waals surface area (Å²) in [5.74, 6) is -2.99. The summed E-state index contributed by atoms with van der Waals surface area (Å²) in [6, 6.07) is 0. The Kier molecular flexibility index (Phi) is 5.77. The van der Waals surface area contributed by atoms with Crippen molar-refractivity contribution in [2.24, 2.45) is 56.7 Å². The highest BCUT2D eigenvalue weighted by Crippen LogP contribution is 2.74. The second kappa shape index (κ2) is 8.02. The van der Waals surface area contributed by atoms with E-state index in [2.05, 4.69) is 34.6 Å². The molecule has 0 aliphatic heterocycles. The molecule has 6 nitrogen and oxygen atoms in total. The number of carboxylic acids is 1. The summed E-state index contributed by atoms with van der Waals surface area (Å²) in [4.78, 5) is 52.8. The molecule has 9 atom stereocenters. The summed E-state index contributed by atoms with van der Waals surface area (Å²) in [6.45, 7) is 13.0. The topological polar surface area (TPSA) is 97.7 Å². The van der Waals surface area contributed by atoms with Crippen LogP contribution < -0.4 is 0 Å². The number of methoxy groups -OCH3 is 1. The minimum absolute atomic E-state index is 0.0363. The van der Waals surface area contributed by atoms with Gasteiger partial charge in [0.25, 0.3) is 0 Å². The molecule has 0 amide bonds. The molecule has 5 aliphatic carbocycles. The van der Waals surface area contributed by atoms with Crippen molar-refractivity contribution in [3.05, 3.63) is 11.6 Å². The molecule has 4 saturated carbocycles. The maximum absolute atomic E-state index is 14.3. The number of ether oxygens (including phenoxy) is 1. The first-order valence-electron chi connectivity index (χ1n) is 14.2. The van der Waals surface area contributed by atoms with Crippen molar-refractivity contribution < 1.29 is 29.0 Å². The van der Waals surface area contributed by atoms with E-state index in [9.17, 15) is 24.3 Å². The first-order valence-corrected chi connectivity index (χ1v) is 14.2. The molecule has 0 aromatic heterocycles. The van der Waals surface area contributed by atoms with Gasteiger partial charge in [-0.05, 0) is 90.9 Å². The van der Waals surface area contributed by atoms with Gasteiger partial charge in [-0.2, -0.15) is 0 Å². The van der Waals surface area contributed by atoms with Crippen molar-refractivity contribution >= 4 is 23.5 Å². The number of allylic oxidation sites excluding steroid dienone is 2. The zero-order valence-corrected chi connectivity index (χ0v) is 23.6. The molecule has 0 saturated heterocycles. The van der Waals surface area contributed by atoms with Gasteiger partial charge in [0, 0.05) is 11.8 Å². The van der Waals surface area contributed by atoms with Gasteiger partial charge in [0.2, 0.25) is 0 Å². The van der Waals surface area contributed by atoms with Gasteiger partial charge in [-0.1, -0.05) is 47.1 Å². The largest absolute Gasteiger partial charge is 0.481 e. The van der Waals surface area contributed by atoms with Crippen LogP contribution in [0.1, 0.15) is 92.9 Å². The van der Waals surface area contributed by atoms with Gasteiger partial charge < -0.3 is 9.84 Å². The maximum Gasteiger partial charge on any atom is 0.314 e. The first-order chi connectivity index (χ1) is 17.1. The summed E-state index contributed by atoms with van der Waals surface area (Å²) in [7, 11) is 1.47. The van der Waals surface area contributed by atoms with Crippen molar-refractivity contribution in [3.63, 3.8) is 0 Å². The van der Waals surface area contributed by atoms with Crippen LogP contribution in [0.15, 0.2) is 11.6 Å². The van der Waals surface area contributed by atoms with Crippen molar-refractivity contribution in [1.82, 2.24) is 0 Å². The lowest BCUT2D eigenvalue weighted by atomic mass is 9.34. The molecule has 0 radical (unpaired) electrons. The Morgan fingerprint density at radius 3 is 2.22 bits per heavy atom. The van der Waals surface area contributed by atoms with Crippen molar-refractivity contribution in [1.29, 1.82) is 0 Å². The Labute approximate surface area is 221 Å². The first kappa shape index (κ1) is 26.6. The van der Waals surface area contributed by atoms with Crippen molar-refractivity contribution in [3.8, 4) is 0 Å². The number of Topliss-reactive ketones (excluding diaryl/α,β-unsaturated/α-hetero) is 1. The minimum atomic E-state index is -1.06. The van der Waals surface area contributed by atoms with Crippen LogP contribution in [0.2, 0.25) is 0 Å². The summed E-state index contributed by atoms with van der Waals surface area (Å²) in [5.41, 5.74) is -0.678. The fraction of sp³-hybridized carbons (Fsp3) is 0.806. The van der Waals surface area contributed by atoms with Gasteiger partial charge in [0.15, 0.2) is 5.78 Å². The maximum atomic E-state index is 14.3. The van der Waals surface area contributed by atoms with Gasteiger partial charge in [-0.15, -0.1) is 0 Å². The number of aliphatic carboxylic acids is 1. The number of carbonyl (C=O) groups excluding carboxylic acids is 3. The Morgan fingerprint density at radius 2 is 1.59 bits per heavy atom. The number of fused-ring (bicyclic) bond motifs is 7. The Bertz CT molecular complexity index is 1100. The number of hydrogen-bond acceptors (Lipinski definition) is 5. The molecule has 6 heteroatoms. The molecular weight excluding hydrogens is 468 g/mol. The molecule has 37 heavy (non-hydrogen) atoms. The summed E-state index contributed by atoms with van der Waals surface area (Å²) >= 11 is 0. The van der Waals surface area contributed by atoms with E-state index in [1.165, 1.54) is 7.11 Å². The van der Waals surface area contributed by atoms with E-state index in [0.29, 0.717) is 0 Å². The summed E-state index contributed by atoms with van der Waals surface area (Å²) in [6.07, 6.45) is 7.83. The van der Waals surface area contributed by atoms with Crippen molar-refractivity contribution in [2.75, 3.05) is 7.11 Å². The molecule has 4 fully saturated rings. The van der Waals surface area contributed by atoms with Gasteiger partial charge in [-0.25, -0.2) is 0 Å². The van der Waals surface area contributed by atoms with Gasteiger partial charge in [0.05, 0.1) is 12.5 Å². The third-order valence-corrected chi connectivity index (χ3v) is 12.7. The Hall–Kier alpha value is -1.98. The molecule has 1 N–H and O–H groups in total. The fourth-order valence-electron chi connectivity index (χ4n) is 10.3. The van der Waals surface area contributed by atoms with Crippen LogP contribution in [0.4, 0.5) is 0 Å². The predicted molar refractivity (Wildman–Crippen MR) is 138 cm³/mol. The SMILES string of the molecule is COC(=O)[C@]12CCC(C)(C)C[C@H]1[C@H]1C(=O)C=C3[C@@]4(C)CC(C(=O)O)C(=O)[C@@H](C)[C@@H]4CC[C@@]3(C)[C@]1(C)CC2. The smallest absolute Gasteiger partial charge is 0.314 e. The average Bonchev–Trinajstić information content (AvgIpc) is 2.82. The van der Waals surface area contributed by atoms with E-state index in [1.54, 1.807) is 0 Å². The van der Waals surface area contributed by atoms with Gasteiger partial charge >= 0.3 is 11.9 Å². The normalized spacial score (nSPS) is 48.5. The van der Waals surface area contributed by atoms with E-state index in [1.807, 2.05) is 13.0 Å². The minimum Gasteiger partial charge on any atom is -0.481 e. The number of ketones is 2. The zero-order valence-electron chi connectivity index (χ0n) is 23.6. The van der Waals surface area contributed by atoms with Crippen LogP contribution in [0, 0.1) is 56.7 Å². The molecule has 0 aromatic carbocycles. The van der Waals surface area contributed by atoms with E-state index in [-0.39, 0.29) is 63.9 Å². The average molecular weight is 513 g/mol. The molecule has 5 aliphatic rings. The fourth-order valence-corrected chi connectivity index (χ4v) is 10.3. The molecule has 0 aromatic rings. The monoisotopic (exact) mass is 512 g/mol. The molecule has 0 bridgehead atoms. The summed E-state index contributed by atoms with van der Waals surface area (Å²) < 4.78 is 5.39. The van der Waals surface area contributed by atoms with E-state index in [0.717, 1.165) is 50.5 Å². The Balaban J connectivity index is 1.65. The molecule has 0 heterocycles. The number of esters is 1. The lowest BCUT2D eigenvalue weighted by molar-refractivity contribution is -0.192. The molecule has 1 unspecified atom stereocenters. The molecule has 204 valence electrons. The molecular formula is C31H44O6. The van der Waals surface area contributed by atoms with Crippen LogP contribution >= 0.6 is 0 Å². The lowest BCUT2D eigenvalue weighted by Crippen LogP contribution is -2.66. The van der Waals surface area contributed by atoms with Crippen LogP contribution in [0.5, 0.6) is 0 Å². The number of hydrogen-bond donors (Lipinski definition) is 1. The number of rotatable bonds is 2. The standard InChI is InChI=1S/C31H44O6/c1-17-19-8-9-29(5)22(28(19,4)15-18(24(17)33)25(34)35)14-21(32)23-20-16-27(2,3)10-12-31(20,26(36)37-7)13-11-30(23,29)6/h14,17-20,23H,8-13,15-16H2,1-7H3,(H,34,35)/t17-,18?,19-,20-,23-,28-,29+,30+,31-/m0/s1. The van der Waals surface area contributed by atoms with E-state index >= 15 is 0 Å². The third-order valence-electron chi connectivity index (χ3n) is 12.7.